The number of hydrogen-bond acceptors (Lipinski definition) is 4. The van der Waals surface area contributed by atoms with Gasteiger partial charge in [0.2, 0.25) is 0 Å². The van der Waals surface area contributed by atoms with Crippen molar-refractivity contribution in [2.24, 2.45) is 5.73 Å². The van der Waals surface area contributed by atoms with Crippen LogP contribution in [0.15, 0.2) is 43.0 Å². The largest absolute Gasteiger partial charge is 0.386 e. The highest BCUT2D eigenvalue weighted by atomic mass is 15.2. The molecule has 1 saturated heterocycles. The van der Waals surface area contributed by atoms with Gasteiger partial charge >= 0.3 is 0 Å². The molecule has 0 amide bonds. The number of fused-ring (bicyclic) bond motifs is 1. The van der Waals surface area contributed by atoms with Gasteiger partial charge in [0, 0.05) is 35.7 Å². The van der Waals surface area contributed by atoms with Crippen LogP contribution in [0, 0.1) is 13.8 Å². The van der Waals surface area contributed by atoms with Gasteiger partial charge in [0.25, 0.3) is 0 Å². The molecule has 1 atom stereocenters. The van der Waals surface area contributed by atoms with Crippen molar-refractivity contribution in [1.82, 2.24) is 20.5 Å². The zero-order chi connectivity index (χ0) is 18.0. The van der Waals surface area contributed by atoms with Gasteiger partial charge in [-0.1, -0.05) is 24.8 Å². The maximum absolute atomic E-state index is 5.82. The van der Waals surface area contributed by atoms with Crippen molar-refractivity contribution >= 4 is 10.9 Å². The van der Waals surface area contributed by atoms with E-state index in [2.05, 4.69) is 65.7 Å². The molecule has 0 bridgehead atoms. The van der Waals surface area contributed by atoms with Crippen LogP contribution in [0.1, 0.15) is 29.7 Å². The second-order valence-corrected chi connectivity index (χ2v) is 7.03. The Bertz CT molecular complexity index is 789. The molecule has 1 aliphatic heterocycles. The number of benzene rings is 1. The molecule has 1 aromatic carbocycles. The summed E-state index contributed by atoms with van der Waals surface area (Å²) in [7, 11) is 0. The van der Waals surface area contributed by atoms with Crippen molar-refractivity contribution in [3.05, 3.63) is 59.8 Å². The van der Waals surface area contributed by atoms with Crippen LogP contribution in [-0.4, -0.2) is 29.0 Å². The minimum atomic E-state index is 0.348. The first kappa shape index (κ1) is 17.3. The van der Waals surface area contributed by atoms with E-state index < -0.39 is 0 Å². The molecule has 0 spiro atoms. The molecule has 1 unspecified atom stereocenters. The molecule has 1 aliphatic rings. The van der Waals surface area contributed by atoms with Crippen LogP contribution >= 0.6 is 0 Å². The van der Waals surface area contributed by atoms with Crippen molar-refractivity contribution in [2.75, 3.05) is 13.1 Å². The zero-order valence-corrected chi connectivity index (χ0v) is 15.3. The van der Waals surface area contributed by atoms with E-state index in [1.165, 1.54) is 27.7 Å². The first-order valence-corrected chi connectivity index (χ1v) is 8.90. The van der Waals surface area contributed by atoms with Crippen molar-refractivity contribution in [3.8, 4) is 0 Å². The first-order valence-electron chi connectivity index (χ1n) is 8.90. The van der Waals surface area contributed by atoms with Gasteiger partial charge in [0.1, 0.15) is 0 Å². The van der Waals surface area contributed by atoms with Gasteiger partial charge in [-0.25, -0.2) is 0 Å². The number of likely N-dealkylation sites (tertiary alicyclic amines) is 1. The number of H-pyrrole nitrogens is 1. The van der Waals surface area contributed by atoms with E-state index in [0.717, 1.165) is 38.3 Å². The quantitative estimate of drug-likeness (QED) is 0.653. The maximum atomic E-state index is 5.82. The number of hydrogen-bond donors (Lipinski definition) is 4. The summed E-state index contributed by atoms with van der Waals surface area (Å²) < 4.78 is 0. The Morgan fingerprint density at radius 1 is 1.36 bits per heavy atom. The molecule has 0 aliphatic carbocycles. The van der Waals surface area contributed by atoms with Crippen LogP contribution in [0.3, 0.4) is 0 Å². The number of nitrogens with two attached hydrogens (primary N) is 1. The summed E-state index contributed by atoms with van der Waals surface area (Å²) in [6.07, 6.45) is 2.23. The van der Waals surface area contributed by atoms with Crippen molar-refractivity contribution in [1.29, 1.82) is 0 Å². The van der Waals surface area contributed by atoms with Gasteiger partial charge in [-0.2, -0.15) is 0 Å². The fourth-order valence-corrected chi connectivity index (χ4v) is 3.52. The highest BCUT2D eigenvalue weighted by molar-refractivity contribution is 5.85. The van der Waals surface area contributed by atoms with Gasteiger partial charge in [-0.15, -0.1) is 0 Å². The number of aromatic nitrogens is 1. The number of aromatic amines is 1. The standard InChI is InChI=1S/C20H29N5/c1-13-7-8-19-18(10-13)14(2)20(24-19)11-22-16(4)23-17-6-5-9-25(12-17)15(3)21/h7-8,10,17,22-24H,3-6,9,11-12,21H2,1-2H3. The second-order valence-electron chi connectivity index (χ2n) is 7.03. The fourth-order valence-electron chi connectivity index (χ4n) is 3.52. The molecule has 5 N–H and O–H groups in total. The highest BCUT2D eigenvalue weighted by Crippen LogP contribution is 2.22. The minimum absolute atomic E-state index is 0.348. The van der Waals surface area contributed by atoms with Crippen LogP contribution in [0.5, 0.6) is 0 Å². The van der Waals surface area contributed by atoms with Gasteiger partial charge in [0.15, 0.2) is 0 Å². The second kappa shape index (κ2) is 7.13. The monoisotopic (exact) mass is 339 g/mol. The van der Waals surface area contributed by atoms with Crippen molar-refractivity contribution < 1.29 is 0 Å². The minimum Gasteiger partial charge on any atom is -0.386 e. The smallest absolute Gasteiger partial charge is 0.0918 e. The van der Waals surface area contributed by atoms with Crippen LogP contribution in [0.4, 0.5) is 0 Å². The van der Waals surface area contributed by atoms with E-state index in [-0.39, 0.29) is 0 Å². The number of piperidine rings is 1. The molecule has 2 aromatic rings. The number of nitrogens with zero attached hydrogens (tertiary/aromatic N) is 1. The average molecular weight is 339 g/mol. The van der Waals surface area contributed by atoms with Crippen LogP contribution < -0.4 is 16.4 Å². The van der Waals surface area contributed by atoms with Crippen LogP contribution in [0.25, 0.3) is 10.9 Å². The summed E-state index contributed by atoms with van der Waals surface area (Å²) in [5.41, 5.74) is 10.8. The summed E-state index contributed by atoms with van der Waals surface area (Å²) >= 11 is 0. The summed E-state index contributed by atoms with van der Waals surface area (Å²) in [5.74, 6) is 1.50. The normalized spacial score (nSPS) is 17.5. The van der Waals surface area contributed by atoms with Gasteiger partial charge in [-0.05, 0) is 44.4 Å². The maximum Gasteiger partial charge on any atom is 0.0918 e. The van der Waals surface area contributed by atoms with Crippen molar-refractivity contribution in [3.63, 3.8) is 0 Å². The third-order valence-corrected chi connectivity index (χ3v) is 5.00. The SMILES string of the molecule is C=C(NCc1[nH]c2ccc(C)cc2c1C)NC1CCCN(C(=C)N)C1. The predicted octanol–water partition coefficient (Wildman–Crippen LogP) is 2.83. The molecule has 5 nitrogen and oxygen atoms in total. The molecule has 1 aromatic heterocycles. The third kappa shape index (κ3) is 3.92. The lowest BCUT2D eigenvalue weighted by Crippen LogP contribution is -2.47. The molecule has 134 valence electrons. The zero-order valence-electron chi connectivity index (χ0n) is 15.3. The summed E-state index contributed by atoms with van der Waals surface area (Å²) in [5, 5.41) is 8.17. The number of aryl methyl sites for hydroxylation is 2. The van der Waals surface area contributed by atoms with Gasteiger partial charge in [0.05, 0.1) is 18.2 Å². The Labute approximate surface area is 150 Å². The Balaban J connectivity index is 1.57. The Morgan fingerprint density at radius 3 is 2.92 bits per heavy atom. The molecule has 0 radical (unpaired) electrons. The first-order chi connectivity index (χ1) is 11.9. The van der Waals surface area contributed by atoms with Crippen LogP contribution in [0.2, 0.25) is 0 Å². The van der Waals surface area contributed by atoms with E-state index >= 15 is 0 Å². The Kier molecular flexibility index (Phi) is 4.93. The van der Waals surface area contributed by atoms with Crippen molar-refractivity contribution in [2.45, 2.75) is 39.3 Å². The van der Waals surface area contributed by atoms with E-state index in [1.54, 1.807) is 0 Å². The van der Waals surface area contributed by atoms with Gasteiger partial charge in [-0.3, -0.25) is 0 Å². The molecule has 2 heterocycles. The topological polar surface area (TPSA) is 69.1 Å². The molecule has 0 saturated carbocycles. The van der Waals surface area contributed by atoms with E-state index in [1.807, 2.05) is 0 Å². The number of nitrogens with one attached hydrogen (secondary N) is 3. The lowest BCUT2D eigenvalue weighted by Gasteiger charge is -2.35. The average Bonchev–Trinajstić information content (AvgIpc) is 2.89. The summed E-state index contributed by atoms with van der Waals surface area (Å²) in [4.78, 5) is 5.63. The molecule has 1 fully saturated rings. The van der Waals surface area contributed by atoms with Gasteiger partial charge < -0.3 is 26.3 Å². The molecular weight excluding hydrogens is 310 g/mol. The molecule has 5 heteroatoms. The van der Waals surface area contributed by atoms with E-state index in [0.29, 0.717) is 11.9 Å². The highest BCUT2D eigenvalue weighted by Gasteiger charge is 2.20. The third-order valence-electron chi connectivity index (χ3n) is 5.00. The van der Waals surface area contributed by atoms with Crippen LogP contribution in [-0.2, 0) is 6.54 Å². The lowest BCUT2D eigenvalue weighted by atomic mass is 10.1. The summed E-state index contributed by atoms with van der Waals surface area (Å²) in [6.45, 7) is 14.8. The molecular formula is C20H29N5. The molecule has 3 rings (SSSR count). The number of rotatable bonds is 6. The van der Waals surface area contributed by atoms with E-state index in [9.17, 15) is 0 Å². The fraction of sp³-hybridized carbons (Fsp3) is 0.400. The predicted molar refractivity (Wildman–Crippen MR) is 105 cm³/mol. The van der Waals surface area contributed by atoms with E-state index in [4.69, 9.17) is 5.73 Å². The molecule has 25 heavy (non-hydrogen) atoms. The Hall–Kier alpha value is -2.56. The Morgan fingerprint density at radius 2 is 2.16 bits per heavy atom. The summed E-state index contributed by atoms with van der Waals surface area (Å²) in [6, 6.07) is 6.86. The lowest BCUT2D eigenvalue weighted by molar-refractivity contribution is 0.239.